The molecule has 2 aromatic carbocycles. The smallest absolute Gasteiger partial charge is 0.273 e. The Morgan fingerprint density at radius 2 is 1.91 bits per heavy atom. The number of fused-ring (bicyclic) bond motifs is 1. The topological polar surface area (TPSA) is 67.2 Å². The SMILES string of the molecule is Cc1ccccc1CN1C(=O)c2cc(-c3cccs3)nn2C[C@]1(C)C(=O)NCc1ccc(Cl)cc1. The zero-order valence-electron chi connectivity index (χ0n) is 19.5. The molecule has 0 unspecified atom stereocenters. The molecule has 6 nitrogen and oxygen atoms in total. The number of hydrogen-bond acceptors (Lipinski definition) is 4. The van der Waals surface area contributed by atoms with Crippen molar-refractivity contribution in [2.75, 3.05) is 0 Å². The summed E-state index contributed by atoms with van der Waals surface area (Å²) in [4.78, 5) is 30.2. The van der Waals surface area contributed by atoms with E-state index in [1.165, 1.54) is 0 Å². The highest BCUT2D eigenvalue weighted by molar-refractivity contribution is 7.13. The van der Waals surface area contributed by atoms with Gasteiger partial charge in [-0.15, -0.1) is 11.3 Å². The fraction of sp³-hybridized carbons (Fsp3) is 0.222. The summed E-state index contributed by atoms with van der Waals surface area (Å²) in [6.45, 7) is 4.76. The lowest BCUT2D eigenvalue weighted by Crippen LogP contribution is -2.63. The van der Waals surface area contributed by atoms with Gasteiger partial charge in [-0.1, -0.05) is 54.1 Å². The van der Waals surface area contributed by atoms with Crippen LogP contribution in [-0.2, 0) is 24.4 Å². The van der Waals surface area contributed by atoms with Crippen molar-refractivity contribution in [1.82, 2.24) is 20.0 Å². The molecule has 8 heteroatoms. The van der Waals surface area contributed by atoms with E-state index in [1.807, 2.05) is 73.8 Å². The predicted octanol–water partition coefficient (Wildman–Crippen LogP) is 5.30. The maximum absolute atomic E-state index is 13.8. The summed E-state index contributed by atoms with van der Waals surface area (Å²) in [6.07, 6.45) is 0. The maximum Gasteiger partial charge on any atom is 0.273 e. The molecule has 1 atom stereocenters. The number of halogens is 1. The molecule has 2 aromatic heterocycles. The van der Waals surface area contributed by atoms with Gasteiger partial charge in [0.05, 0.1) is 11.4 Å². The van der Waals surface area contributed by atoms with Gasteiger partial charge in [0.1, 0.15) is 16.9 Å². The third-order valence-electron chi connectivity index (χ3n) is 6.52. The van der Waals surface area contributed by atoms with E-state index in [9.17, 15) is 9.59 Å². The van der Waals surface area contributed by atoms with Crippen molar-refractivity contribution in [2.45, 2.75) is 39.0 Å². The summed E-state index contributed by atoms with van der Waals surface area (Å²) >= 11 is 7.56. The van der Waals surface area contributed by atoms with Gasteiger partial charge >= 0.3 is 0 Å². The number of nitrogens with one attached hydrogen (secondary N) is 1. The summed E-state index contributed by atoms with van der Waals surface area (Å²) in [7, 11) is 0. The maximum atomic E-state index is 13.8. The first-order valence-electron chi connectivity index (χ1n) is 11.4. The molecule has 1 aliphatic heterocycles. The fourth-order valence-corrected chi connectivity index (χ4v) is 5.17. The van der Waals surface area contributed by atoms with Gasteiger partial charge in [-0.25, -0.2) is 0 Å². The van der Waals surface area contributed by atoms with Gasteiger partial charge in [-0.3, -0.25) is 14.3 Å². The highest BCUT2D eigenvalue weighted by Crippen LogP contribution is 2.33. The number of rotatable bonds is 6. The van der Waals surface area contributed by atoms with Gasteiger partial charge < -0.3 is 10.2 Å². The van der Waals surface area contributed by atoms with Crippen molar-refractivity contribution < 1.29 is 9.59 Å². The van der Waals surface area contributed by atoms with E-state index >= 15 is 0 Å². The van der Waals surface area contributed by atoms with Crippen molar-refractivity contribution in [3.05, 3.63) is 99.5 Å². The van der Waals surface area contributed by atoms with Gasteiger partial charge in [0.15, 0.2) is 0 Å². The lowest BCUT2D eigenvalue weighted by atomic mass is 9.93. The molecule has 1 aliphatic rings. The Morgan fingerprint density at radius 3 is 2.63 bits per heavy atom. The molecule has 0 spiro atoms. The number of benzene rings is 2. The minimum atomic E-state index is -1.13. The molecule has 2 amide bonds. The number of hydrogen-bond donors (Lipinski definition) is 1. The molecule has 0 bridgehead atoms. The lowest BCUT2D eigenvalue weighted by molar-refractivity contribution is -0.133. The highest BCUT2D eigenvalue weighted by atomic mass is 35.5. The van der Waals surface area contributed by atoms with E-state index in [2.05, 4.69) is 5.32 Å². The Bertz CT molecular complexity index is 1380. The van der Waals surface area contributed by atoms with Crippen LogP contribution in [0.1, 0.15) is 34.1 Å². The van der Waals surface area contributed by atoms with Crippen molar-refractivity contribution in [3.8, 4) is 10.6 Å². The summed E-state index contributed by atoms with van der Waals surface area (Å²) in [6, 6.07) is 21.0. The Hall–Kier alpha value is -3.42. The van der Waals surface area contributed by atoms with E-state index < -0.39 is 5.54 Å². The van der Waals surface area contributed by atoms with Crippen LogP contribution >= 0.6 is 22.9 Å². The molecule has 5 rings (SSSR count). The molecular weight excluding hydrogens is 480 g/mol. The molecule has 0 saturated heterocycles. The van der Waals surface area contributed by atoms with Gasteiger partial charge in [-0.05, 0) is 60.2 Å². The predicted molar refractivity (Wildman–Crippen MR) is 138 cm³/mol. The highest BCUT2D eigenvalue weighted by Gasteiger charge is 2.48. The Morgan fingerprint density at radius 1 is 1.14 bits per heavy atom. The molecule has 0 aliphatic carbocycles. The molecule has 1 N–H and O–H groups in total. The monoisotopic (exact) mass is 504 g/mol. The van der Waals surface area contributed by atoms with Crippen LogP contribution in [0.3, 0.4) is 0 Å². The van der Waals surface area contributed by atoms with Crippen LogP contribution < -0.4 is 5.32 Å². The summed E-state index contributed by atoms with van der Waals surface area (Å²) in [5, 5.41) is 10.3. The zero-order valence-corrected chi connectivity index (χ0v) is 21.1. The number of aryl methyl sites for hydroxylation is 1. The van der Waals surface area contributed by atoms with Gasteiger partial charge in [0, 0.05) is 18.1 Å². The second-order valence-electron chi connectivity index (χ2n) is 8.95. The van der Waals surface area contributed by atoms with Crippen LogP contribution in [0.5, 0.6) is 0 Å². The minimum Gasteiger partial charge on any atom is -0.350 e. The fourth-order valence-electron chi connectivity index (χ4n) is 4.37. The first kappa shape index (κ1) is 23.3. The van der Waals surface area contributed by atoms with Crippen LogP contribution in [0, 0.1) is 6.92 Å². The average molecular weight is 505 g/mol. The van der Waals surface area contributed by atoms with Crippen LogP contribution in [-0.4, -0.2) is 32.0 Å². The molecule has 0 saturated carbocycles. The van der Waals surface area contributed by atoms with Crippen molar-refractivity contribution in [1.29, 1.82) is 0 Å². The summed E-state index contributed by atoms with van der Waals surface area (Å²) in [5.41, 5.74) is 3.11. The van der Waals surface area contributed by atoms with Crippen LogP contribution in [0.2, 0.25) is 5.02 Å². The average Bonchev–Trinajstić information content (AvgIpc) is 3.52. The molecule has 35 heavy (non-hydrogen) atoms. The van der Waals surface area contributed by atoms with E-state index in [0.717, 1.165) is 27.3 Å². The Labute approximate surface area is 213 Å². The minimum absolute atomic E-state index is 0.209. The quantitative estimate of drug-likeness (QED) is 0.387. The van der Waals surface area contributed by atoms with Crippen molar-refractivity contribution in [3.63, 3.8) is 0 Å². The molecule has 178 valence electrons. The van der Waals surface area contributed by atoms with E-state index in [-0.39, 0.29) is 18.4 Å². The Kier molecular flexibility index (Phi) is 6.21. The molecule has 0 fully saturated rings. The van der Waals surface area contributed by atoms with Gasteiger partial charge in [0.2, 0.25) is 5.91 Å². The van der Waals surface area contributed by atoms with E-state index in [0.29, 0.717) is 23.8 Å². The molecule has 3 heterocycles. The second-order valence-corrected chi connectivity index (χ2v) is 10.3. The zero-order chi connectivity index (χ0) is 24.6. The Balaban J connectivity index is 1.49. The molecule has 4 aromatic rings. The van der Waals surface area contributed by atoms with Crippen molar-refractivity contribution in [2.24, 2.45) is 0 Å². The number of thiophene rings is 1. The standard InChI is InChI=1S/C27H25ClN4O2S/c1-18-6-3-4-7-20(18)16-31-25(33)23-14-22(24-8-5-13-35-24)30-32(23)17-27(31,2)26(34)29-15-19-9-11-21(28)12-10-19/h3-14H,15-17H2,1-2H3,(H,29,34)/t27-/m1/s1. The normalized spacial score (nSPS) is 17.3. The molecular formula is C27H25ClN4O2S. The van der Waals surface area contributed by atoms with Crippen LogP contribution in [0.15, 0.2) is 72.1 Å². The number of carbonyl (C=O) groups is 2. The lowest BCUT2D eigenvalue weighted by Gasteiger charge is -2.43. The van der Waals surface area contributed by atoms with Gasteiger partial charge in [0.25, 0.3) is 5.91 Å². The number of carbonyl (C=O) groups excluding carboxylic acids is 2. The van der Waals surface area contributed by atoms with E-state index in [1.54, 1.807) is 33.1 Å². The number of nitrogens with zero attached hydrogens (tertiary/aromatic N) is 3. The van der Waals surface area contributed by atoms with E-state index in [4.69, 9.17) is 16.7 Å². The second kappa shape index (κ2) is 9.32. The summed E-state index contributed by atoms with van der Waals surface area (Å²) in [5.74, 6) is -0.438. The first-order valence-corrected chi connectivity index (χ1v) is 12.6. The largest absolute Gasteiger partial charge is 0.350 e. The van der Waals surface area contributed by atoms with Crippen molar-refractivity contribution >= 4 is 34.8 Å². The number of aromatic nitrogens is 2. The third kappa shape index (κ3) is 4.49. The number of amides is 2. The first-order chi connectivity index (χ1) is 16.8. The molecule has 0 radical (unpaired) electrons. The van der Waals surface area contributed by atoms with Crippen LogP contribution in [0.4, 0.5) is 0 Å². The third-order valence-corrected chi connectivity index (χ3v) is 7.66. The summed E-state index contributed by atoms with van der Waals surface area (Å²) < 4.78 is 1.67. The van der Waals surface area contributed by atoms with Crippen LogP contribution in [0.25, 0.3) is 10.6 Å². The van der Waals surface area contributed by atoms with Gasteiger partial charge in [-0.2, -0.15) is 5.10 Å².